The van der Waals surface area contributed by atoms with Gasteiger partial charge in [-0.2, -0.15) is 0 Å². The lowest BCUT2D eigenvalue weighted by Crippen LogP contribution is -2.74. The number of aromatic nitrogens is 2. The molecule has 0 N–H and O–H groups in total. The van der Waals surface area contributed by atoms with Gasteiger partial charge in [0, 0.05) is 27.2 Å². The highest BCUT2D eigenvalue weighted by Crippen LogP contribution is 2.40. The number of fused-ring (bicyclic) bond motifs is 6. The quantitative estimate of drug-likeness (QED) is 0.107. The van der Waals surface area contributed by atoms with Gasteiger partial charge in [0.25, 0.3) is 0 Å². The van der Waals surface area contributed by atoms with E-state index in [0.717, 1.165) is 5.69 Å². The standard InChI is InChI=1S/C60H42N2Si/c1-5-19-43(20-6-1)44-35-37-45(38-36-44)46-21-17-22-47(41-46)61-56-32-16-14-30-54(56)60-57(61)33-18-34-58(60)62-55-31-15-13-29-52(55)53-40-39-51(42-59(53)62)63(48-23-7-2-8-24-48,49-25-9-3-10-26-49)50-27-11-4-12-28-50/h1-42H. The summed E-state index contributed by atoms with van der Waals surface area (Å²) in [5, 5.41) is 10.4. The summed E-state index contributed by atoms with van der Waals surface area (Å²) in [6.07, 6.45) is 0. The van der Waals surface area contributed by atoms with Crippen molar-refractivity contribution < 1.29 is 0 Å². The van der Waals surface area contributed by atoms with Gasteiger partial charge in [-0.05, 0) is 85.5 Å². The highest BCUT2D eigenvalue weighted by molar-refractivity contribution is 7.20. The van der Waals surface area contributed by atoms with E-state index in [0.29, 0.717) is 0 Å². The number of rotatable bonds is 8. The molecule has 0 saturated heterocycles. The SMILES string of the molecule is c1ccc(-c2ccc(-c3cccc(-n4c5ccccc5c5c(-n6c7ccccc7c7ccc([Si](c8ccccc8)(c8ccccc8)c8ccccc8)cc76)cccc54)c3)cc2)cc1. The van der Waals surface area contributed by atoms with Crippen LogP contribution in [0.2, 0.25) is 0 Å². The second kappa shape index (κ2) is 15.2. The molecule has 2 heterocycles. The minimum absolute atomic E-state index is 1.14. The molecule has 0 saturated carbocycles. The maximum absolute atomic E-state index is 2.80. The van der Waals surface area contributed by atoms with E-state index in [-0.39, 0.29) is 0 Å². The Morgan fingerprint density at radius 2 is 0.714 bits per heavy atom. The summed E-state index contributed by atoms with van der Waals surface area (Å²) in [4.78, 5) is 0. The summed E-state index contributed by atoms with van der Waals surface area (Å²) in [5.41, 5.74) is 11.9. The van der Waals surface area contributed by atoms with Crippen molar-refractivity contribution in [2.45, 2.75) is 0 Å². The first kappa shape index (κ1) is 36.8. The van der Waals surface area contributed by atoms with Crippen molar-refractivity contribution in [1.82, 2.24) is 9.13 Å². The van der Waals surface area contributed by atoms with Crippen LogP contribution in [-0.4, -0.2) is 17.2 Å². The van der Waals surface area contributed by atoms with E-state index in [9.17, 15) is 0 Å². The maximum Gasteiger partial charge on any atom is 0.179 e. The third-order valence-electron chi connectivity index (χ3n) is 13.1. The zero-order chi connectivity index (χ0) is 41.7. The Bertz CT molecular complexity index is 3490. The molecule has 10 aromatic carbocycles. The number of para-hydroxylation sites is 2. The average molecular weight is 819 g/mol. The molecule has 3 heteroatoms. The van der Waals surface area contributed by atoms with Crippen LogP contribution in [0.4, 0.5) is 0 Å². The molecule has 2 aromatic heterocycles. The van der Waals surface area contributed by atoms with E-state index in [1.807, 2.05) is 0 Å². The van der Waals surface area contributed by atoms with Crippen molar-refractivity contribution in [2.24, 2.45) is 0 Å². The first-order valence-corrected chi connectivity index (χ1v) is 23.8. The molecule has 0 aliphatic rings. The van der Waals surface area contributed by atoms with Gasteiger partial charge in [0.1, 0.15) is 0 Å². The van der Waals surface area contributed by atoms with Crippen LogP contribution in [0, 0.1) is 0 Å². The number of hydrogen-bond acceptors (Lipinski definition) is 0. The van der Waals surface area contributed by atoms with Gasteiger partial charge < -0.3 is 9.13 Å². The maximum atomic E-state index is 2.54. The molecule has 0 aliphatic heterocycles. The van der Waals surface area contributed by atoms with Gasteiger partial charge in [-0.15, -0.1) is 0 Å². The van der Waals surface area contributed by atoms with Crippen LogP contribution in [0.15, 0.2) is 255 Å². The van der Waals surface area contributed by atoms with E-state index >= 15 is 0 Å². The van der Waals surface area contributed by atoms with Crippen molar-refractivity contribution >= 4 is 72.4 Å². The predicted octanol–water partition coefficient (Wildman–Crippen LogP) is 12.6. The number of hydrogen-bond donors (Lipinski definition) is 0. The van der Waals surface area contributed by atoms with Gasteiger partial charge in [0.05, 0.1) is 27.8 Å². The summed E-state index contributed by atoms with van der Waals surface area (Å²) in [6, 6.07) is 94.2. The normalized spacial score (nSPS) is 11.8. The molecule has 2 nitrogen and oxygen atoms in total. The summed E-state index contributed by atoms with van der Waals surface area (Å²) < 4.78 is 4.99. The Morgan fingerprint density at radius 1 is 0.254 bits per heavy atom. The lowest BCUT2D eigenvalue weighted by atomic mass is 10.00. The first-order valence-electron chi connectivity index (χ1n) is 21.8. The van der Waals surface area contributed by atoms with Crippen LogP contribution in [-0.2, 0) is 0 Å². The van der Waals surface area contributed by atoms with Gasteiger partial charge in [-0.1, -0.05) is 212 Å². The molecule has 296 valence electrons. The van der Waals surface area contributed by atoms with E-state index in [2.05, 4.69) is 264 Å². The number of benzene rings is 10. The Kier molecular flexibility index (Phi) is 8.87. The van der Waals surface area contributed by atoms with Crippen LogP contribution in [0.25, 0.3) is 77.2 Å². The highest BCUT2D eigenvalue weighted by atomic mass is 28.3. The summed E-state index contributed by atoms with van der Waals surface area (Å²) in [7, 11) is -2.80. The van der Waals surface area contributed by atoms with Crippen molar-refractivity contribution in [2.75, 3.05) is 0 Å². The minimum atomic E-state index is -2.80. The fraction of sp³-hybridized carbons (Fsp3) is 0. The molecule has 0 aliphatic carbocycles. The van der Waals surface area contributed by atoms with Crippen molar-refractivity contribution in [3.8, 4) is 33.6 Å². The van der Waals surface area contributed by atoms with Crippen LogP contribution in [0.1, 0.15) is 0 Å². The third-order valence-corrected chi connectivity index (χ3v) is 17.8. The van der Waals surface area contributed by atoms with Crippen LogP contribution in [0.5, 0.6) is 0 Å². The molecule has 0 radical (unpaired) electrons. The molecule has 0 atom stereocenters. The average Bonchev–Trinajstić information content (AvgIpc) is 3.88. The first-order chi connectivity index (χ1) is 31.3. The van der Waals surface area contributed by atoms with Gasteiger partial charge in [-0.25, -0.2) is 0 Å². The molecule has 0 amide bonds. The molecule has 63 heavy (non-hydrogen) atoms. The molecule has 0 unspecified atom stereocenters. The van der Waals surface area contributed by atoms with Gasteiger partial charge in [0.2, 0.25) is 0 Å². The third kappa shape index (κ3) is 5.93. The topological polar surface area (TPSA) is 9.86 Å². The zero-order valence-corrected chi connectivity index (χ0v) is 35.6. The molecule has 12 aromatic rings. The van der Waals surface area contributed by atoms with E-state index < -0.39 is 8.07 Å². The lowest BCUT2D eigenvalue weighted by molar-refractivity contribution is 1.17. The zero-order valence-electron chi connectivity index (χ0n) is 34.6. The smallest absolute Gasteiger partial charge is 0.179 e. The molecular formula is C60H42N2Si. The minimum Gasteiger partial charge on any atom is -0.309 e. The molecule has 0 spiro atoms. The summed E-state index contributed by atoms with van der Waals surface area (Å²) >= 11 is 0. The number of nitrogens with zero attached hydrogens (tertiary/aromatic N) is 2. The van der Waals surface area contributed by atoms with Crippen LogP contribution < -0.4 is 20.7 Å². The molecule has 0 bridgehead atoms. The van der Waals surface area contributed by atoms with Gasteiger partial charge in [0.15, 0.2) is 8.07 Å². The molecular weight excluding hydrogens is 777 g/mol. The summed E-state index contributed by atoms with van der Waals surface area (Å²) in [5.74, 6) is 0. The van der Waals surface area contributed by atoms with E-state index in [1.165, 1.54) is 92.3 Å². The van der Waals surface area contributed by atoms with Crippen molar-refractivity contribution in [3.05, 3.63) is 255 Å². The Morgan fingerprint density at radius 3 is 1.35 bits per heavy atom. The van der Waals surface area contributed by atoms with Crippen LogP contribution >= 0.6 is 0 Å². The second-order valence-electron chi connectivity index (χ2n) is 16.5. The van der Waals surface area contributed by atoms with Gasteiger partial charge >= 0.3 is 0 Å². The molecule has 12 rings (SSSR count). The predicted molar refractivity (Wildman–Crippen MR) is 270 cm³/mol. The Hall–Kier alpha value is -7.98. The van der Waals surface area contributed by atoms with Crippen molar-refractivity contribution in [1.29, 1.82) is 0 Å². The monoisotopic (exact) mass is 818 g/mol. The summed E-state index contributed by atoms with van der Waals surface area (Å²) in [6.45, 7) is 0. The van der Waals surface area contributed by atoms with Crippen molar-refractivity contribution in [3.63, 3.8) is 0 Å². The van der Waals surface area contributed by atoms with Crippen LogP contribution in [0.3, 0.4) is 0 Å². The largest absolute Gasteiger partial charge is 0.309 e. The van der Waals surface area contributed by atoms with Gasteiger partial charge in [-0.3, -0.25) is 0 Å². The Balaban J connectivity index is 1.10. The van der Waals surface area contributed by atoms with E-state index in [1.54, 1.807) is 0 Å². The Labute approximate surface area is 368 Å². The van der Waals surface area contributed by atoms with E-state index in [4.69, 9.17) is 0 Å². The fourth-order valence-electron chi connectivity index (χ4n) is 10.3. The molecule has 0 fully saturated rings. The lowest BCUT2D eigenvalue weighted by Gasteiger charge is -2.34. The second-order valence-corrected chi connectivity index (χ2v) is 20.3. The highest BCUT2D eigenvalue weighted by Gasteiger charge is 2.41. The fourth-order valence-corrected chi connectivity index (χ4v) is 15.1.